The molecule has 0 aromatic rings. The predicted octanol–water partition coefficient (Wildman–Crippen LogP) is 1.63. The maximum absolute atomic E-state index is 13.1. The van der Waals surface area contributed by atoms with Gasteiger partial charge in [0.15, 0.2) is 0 Å². The van der Waals surface area contributed by atoms with Crippen LogP contribution in [0.4, 0.5) is 0 Å². The van der Waals surface area contributed by atoms with Gasteiger partial charge in [0.1, 0.15) is 0 Å². The lowest BCUT2D eigenvalue weighted by molar-refractivity contribution is -0.123. The minimum absolute atomic E-state index is 0.00579. The van der Waals surface area contributed by atoms with Crippen LogP contribution >= 0.6 is 12.2 Å². The Balaban J connectivity index is 1.40. The molecule has 27 heavy (non-hydrogen) atoms. The fourth-order valence-corrected chi connectivity index (χ4v) is 4.47. The van der Waals surface area contributed by atoms with Gasteiger partial charge in [-0.3, -0.25) is 14.6 Å². The minimum atomic E-state index is 0.00579. The molecule has 1 aliphatic carbocycles. The number of nitrogens with zero attached hydrogens (tertiary/aromatic N) is 4. The van der Waals surface area contributed by atoms with Crippen LogP contribution in [0.1, 0.15) is 25.7 Å². The quantitative estimate of drug-likeness (QED) is 0.670. The highest BCUT2D eigenvalue weighted by Gasteiger charge is 2.32. The summed E-state index contributed by atoms with van der Waals surface area (Å²) < 4.78 is 5.44. The Morgan fingerprint density at radius 1 is 1.11 bits per heavy atom. The van der Waals surface area contributed by atoms with E-state index < -0.39 is 0 Å². The van der Waals surface area contributed by atoms with Crippen molar-refractivity contribution in [3.63, 3.8) is 0 Å². The van der Waals surface area contributed by atoms with Gasteiger partial charge in [-0.1, -0.05) is 12.5 Å². The third kappa shape index (κ3) is 4.37. The smallest absolute Gasteiger partial charge is 0.262 e. The highest BCUT2D eigenvalue weighted by Crippen LogP contribution is 2.22. The molecule has 6 nitrogen and oxygen atoms in total. The van der Waals surface area contributed by atoms with Crippen LogP contribution < -0.4 is 0 Å². The Morgan fingerprint density at radius 2 is 1.89 bits per heavy atom. The summed E-state index contributed by atoms with van der Waals surface area (Å²) in [5, 5.41) is 0.403. The van der Waals surface area contributed by atoms with Gasteiger partial charge in [0.05, 0.1) is 24.5 Å². The number of hydrogen-bond donors (Lipinski definition) is 0. The van der Waals surface area contributed by atoms with Gasteiger partial charge in [0.25, 0.3) is 5.91 Å². The molecule has 0 aromatic heterocycles. The molecular formula is C20H28N4O2S. The molecule has 4 aliphatic rings. The summed E-state index contributed by atoms with van der Waals surface area (Å²) in [7, 11) is 0. The number of hydrogen-bond acceptors (Lipinski definition) is 5. The Morgan fingerprint density at radius 3 is 2.67 bits per heavy atom. The molecule has 2 saturated heterocycles. The molecule has 2 fully saturated rings. The molecule has 0 radical (unpaired) electrons. The van der Waals surface area contributed by atoms with Crippen molar-refractivity contribution in [1.29, 1.82) is 0 Å². The monoisotopic (exact) mass is 388 g/mol. The number of likely N-dealkylation sites (tertiary alicyclic amines) is 1. The molecule has 1 unspecified atom stereocenters. The predicted molar refractivity (Wildman–Crippen MR) is 110 cm³/mol. The van der Waals surface area contributed by atoms with Crippen molar-refractivity contribution in [3.8, 4) is 0 Å². The first-order valence-electron chi connectivity index (χ1n) is 10.1. The van der Waals surface area contributed by atoms with Crippen molar-refractivity contribution < 1.29 is 9.53 Å². The number of carbonyl (C=O) groups is 1. The molecule has 7 heteroatoms. The van der Waals surface area contributed by atoms with Crippen LogP contribution in [-0.4, -0.2) is 90.0 Å². The normalized spacial score (nSPS) is 27.4. The van der Waals surface area contributed by atoms with Crippen molar-refractivity contribution >= 4 is 28.9 Å². The van der Waals surface area contributed by atoms with Gasteiger partial charge in [-0.2, -0.15) is 0 Å². The van der Waals surface area contributed by atoms with Gasteiger partial charge in [-0.05, 0) is 63.3 Å². The lowest BCUT2D eigenvalue weighted by Gasteiger charge is -2.35. The maximum Gasteiger partial charge on any atom is 0.262 e. The zero-order valence-electron chi connectivity index (χ0n) is 15.8. The van der Waals surface area contributed by atoms with E-state index in [-0.39, 0.29) is 11.9 Å². The van der Waals surface area contributed by atoms with Crippen molar-refractivity contribution in [2.75, 3.05) is 52.5 Å². The average Bonchev–Trinajstić information content (AvgIpc) is 2.72. The van der Waals surface area contributed by atoms with Crippen LogP contribution in [0, 0.1) is 0 Å². The lowest BCUT2D eigenvalue weighted by Crippen LogP contribution is -2.47. The van der Waals surface area contributed by atoms with E-state index in [1.165, 1.54) is 32.4 Å². The van der Waals surface area contributed by atoms with E-state index in [4.69, 9.17) is 17.0 Å². The number of fused-ring (bicyclic) bond motifs is 1. The number of aliphatic imine (C=N–C) groups is 1. The molecule has 0 spiro atoms. The first kappa shape index (κ1) is 18.9. The Hall–Kier alpha value is -1.41. The van der Waals surface area contributed by atoms with Crippen molar-refractivity contribution in [2.45, 2.75) is 31.7 Å². The molecule has 1 atom stereocenters. The second kappa shape index (κ2) is 8.73. The third-order valence-corrected chi connectivity index (χ3v) is 6.07. The second-order valence-electron chi connectivity index (χ2n) is 7.57. The zero-order chi connectivity index (χ0) is 18.6. The summed E-state index contributed by atoms with van der Waals surface area (Å²) in [4.78, 5) is 24.1. The van der Waals surface area contributed by atoms with E-state index in [9.17, 15) is 4.79 Å². The first-order valence-corrected chi connectivity index (χ1v) is 10.5. The molecule has 1 amide bonds. The topological polar surface area (TPSA) is 48.4 Å². The Kier molecular flexibility index (Phi) is 6.12. The number of ether oxygens (including phenoxy) is 1. The van der Waals surface area contributed by atoms with Crippen LogP contribution in [0.2, 0.25) is 0 Å². The molecule has 0 saturated carbocycles. The van der Waals surface area contributed by atoms with E-state index in [1.54, 1.807) is 4.90 Å². The van der Waals surface area contributed by atoms with E-state index >= 15 is 0 Å². The number of thiocarbonyl (C=S) groups is 1. The van der Waals surface area contributed by atoms with Crippen molar-refractivity contribution in [3.05, 3.63) is 23.8 Å². The van der Waals surface area contributed by atoms with Gasteiger partial charge in [-0.25, -0.2) is 4.99 Å². The second-order valence-corrected chi connectivity index (χ2v) is 7.94. The number of carbonyl (C=O) groups excluding carboxylic acids is 1. The molecule has 0 bridgehead atoms. The maximum atomic E-state index is 13.1. The fourth-order valence-electron chi connectivity index (χ4n) is 4.20. The largest absolute Gasteiger partial charge is 0.379 e. The molecule has 146 valence electrons. The number of morpholine rings is 1. The fraction of sp³-hybridized carbons (Fsp3) is 0.650. The zero-order valence-corrected chi connectivity index (χ0v) is 16.6. The Bertz CT molecular complexity index is 675. The number of allylic oxidation sites excluding steroid dienone is 1. The van der Waals surface area contributed by atoms with E-state index in [0.717, 1.165) is 39.3 Å². The molecule has 3 heterocycles. The minimum Gasteiger partial charge on any atom is -0.379 e. The van der Waals surface area contributed by atoms with E-state index in [2.05, 4.69) is 20.9 Å². The molecule has 0 N–H and O–H groups in total. The lowest BCUT2D eigenvalue weighted by atomic mass is 9.97. The SMILES string of the molecule is O=C1C2=CC(N3CCOCC3)C=CC2=NC(=S)N1CCCN1CCCCC1. The molecule has 4 rings (SSSR count). The first-order chi connectivity index (χ1) is 13.2. The van der Waals surface area contributed by atoms with Crippen LogP contribution in [-0.2, 0) is 9.53 Å². The van der Waals surface area contributed by atoms with Gasteiger partial charge in [0, 0.05) is 25.7 Å². The van der Waals surface area contributed by atoms with Crippen molar-refractivity contribution in [2.24, 2.45) is 4.99 Å². The van der Waals surface area contributed by atoms with Crippen LogP contribution in [0.15, 0.2) is 28.8 Å². The van der Waals surface area contributed by atoms with E-state index in [1.807, 2.05) is 12.2 Å². The third-order valence-electron chi connectivity index (χ3n) is 5.76. The summed E-state index contributed by atoms with van der Waals surface area (Å²) in [6.07, 6.45) is 11.0. The number of piperidine rings is 1. The summed E-state index contributed by atoms with van der Waals surface area (Å²) in [6, 6.07) is 0.133. The standard InChI is InChI=1S/C20H28N4O2S/c25-19-17-15-16(23-11-13-26-14-12-23)5-6-18(17)21-20(27)24(19)10-4-9-22-7-2-1-3-8-22/h5-6,15-16H,1-4,7-14H2. The van der Waals surface area contributed by atoms with Gasteiger partial charge in [0.2, 0.25) is 5.11 Å². The molecule has 3 aliphatic heterocycles. The average molecular weight is 389 g/mol. The van der Waals surface area contributed by atoms with Gasteiger partial charge < -0.3 is 9.64 Å². The van der Waals surface area contributed by atoms with Crippen molar-refractivity contribution in [1.82, 2.24) is 14.7 Å². The summed E-state index contributed by atoms with van der Waals surface area (Å²) in [6.45, 7) is 7.29. The van der Waals surface area contributed by atoms with Crippen LogP contribution in [0.25, 0.3) is 0 Å². The summed E-state index contributed by atoms with van der Waals surface area (Å²) in [5.74, 6) is 0.00579. The number of rotatable bonds is 5. The summed E-state index contributed by atoms with van der Waals surface area (Å²) >= 11 is 5.41. The Labute approximate surface area is 166 Å². The van der Waals surface area contributed by atoms with E-state index in [0.29, 0.717) is 22.9 Å². The van der Waals surface area contributed by atoms with Crippen LogP contribution in [0.3, 0.4) is 0 Å². The van der Waals surface area contributed by atoms with Gasteiger partial charge in [-0.15, -0.1) is 0 Å². The highest BCUT2D eigenvalue weighted by molar-refractivity contribution is 7.80. The van der Waals surface area contributed by atoms with Gasteiger partial charge >= 0.3 is 0 Å². The highest BCUT2D eigenvalue weighted by atomic mass is 32.1. The number of amides is 1. The molecule has 0 aromatic carbocycles. The molecular weight excluding hydrogens is 360 g/mol. The summed E-state index contributed by atoms with van der Waals surface area (Å²) in [5.41, 5.74) is 1.40. The van der Waals surface area contributed by atoms with Crippen LogP contribution in [0.5, 0.6) is 0 Å².